The van der Waals surface area contributed by atoms with Gasteiger partial charge in [0.2, 0.25) is 5.91 Å². The van der Waals surface area contributed by atoms with Gasteiger partial charge in [-0.05, 0) is 39.0 Å². The lowest BCUT2D eigenvalue weighted by Gasteiger charge is -2.35. The van der Waals surface area contributed by atoms with E-state index < -0.39 is 12.1 Å². The summed E-state index contributed by atoms with van der Waals surface area (Å²) < 4.78 is 16.3. The largest absolute Gasteiger partial charge is 0.489 e. The third-order valence-electron chi connectivity index (χ3n) is 5.30. The summed E-state index contributed by atoms with van der Waals surface area (Å²) in [5.74, 6) is 0.287. The summed E-state index contributed by atoms with van der Waals surface area (Å²) in [4.78, 5) is 39.9. The van der Waals surface area contributed by atoms with Crippen molar-refractivity contribution in [2.45, 2.75) is 40.4 Å². The molecule has 1 aromatic heterocycles. The molecule has 1 unspecified atom stereocenters. The maximum atomic E-state index is 12.6. The van der Waals surface area contributed by atoms with Crippen molar-refractivity contribution in [3.63, 3.8) is 0 Å². The first-order valence-electron chi connectivity index (χ1n) is 10.2. The van der Waals surface area contributed by atoms with Crippen LogP contribution in [0.5, 0.6) is 5.75 Å². The van der Waals surface area contributed by atoms with Crippen LogP contribution in [0.3, 0.4) is 0 Å². The minimum absolute atomic E-state index is 0.0111. The van der Waals surface area contributed by atoms with Crippen LogP contribution in [-0.4, -0.2) is 65.0 Å². The topological polar surface area (TPSA) is 102 Å². The molecule has 2 heterocycles. The zero-order valence-corrected chi connectivity index (χ0v) is 18.2. The summed E-state index contributed by atoms with van der Waals surface area (Å²) >= 11 is 0. The molecule has 9 heteroatoms. The van der Waals surface area contributed by atoms with Gasteiger partial charge in [-0.15, -0.1) is 0 Å². The molecule has 3 rings (SSSR count). The fourth-order valence-corrected chi connectivity index (χ4v) is 3.35. The maximum Gasteiger partial charge on any atom is 0.339 e. The Labute approximate surface area is 180 Å². The van der Waals surface area contributed by atoms with Crippen molar-refractivity contribution in [3.8, 4) is 5.75 Å². The zero-order chi connectivity index (χ0) is 22.5. The normalized spacial score (nSPS) is 14.8. The number of ether oxygens (including phenoxy) is 2. The summed E-state index contributed by atoms with van der Waals surface area (Å²) in [7, 11) is 0. The number of rotatable bonds is 6. The molecule has 0 spiro atoms. The standard InChI is InChI=1S/C22H27N3O6/c1-14-20(15(2)31-23-14)13-29-19-7-5-6-18(12-19)22(28)30-16(3)21(27)25-10-8-24(9-11-25)17(4)26/h5-7,12,16H,8-11,13H2,1-4H3. The zero-order valence-electron chi connectivity index (χ0n) is 18.2. The minimum Gasteiger partial charge on any atom is -0.489 e. The molecule has 1 fully saturated rings. The van der Waals surface area contributed by atoms with Crippen LogP contribution < -0.4 is 4.74 Å². The Bertz CT molecular complexity index is 942. The van der Waals surface area contributed by atoms with Gasteiger partial charge in [-0.25, -0.2) is 4.79 Å². The van der Waals surface area contributed by atoms with E-state index in [1.807, 2.05) is 13.8 Å². The molecule has 1 saturated heterocycles. The molecule has 0 radical (unpaired) electrons. The van der Waals surface area contributed by atoms with Crippen molar-refractivity contribution in [1.82, 2.24) is 15.0 Å². The average molecular weight is 429 g/mol. The van der Waals surface area contributed by atoms with Gasteiger partial charge >= 0.3 is 5.97 Å². The highest BCUT2D eigenvalue weighted by Gasteiger charge is 2.28. The summed E-state index contributed by atoms with van der Waals surface area (Å²) in [6, 6.07) is 6.60. The van der Waals surface area contributed by atoms with Crippen LogP contribution in [0.25, 0.3) is 0 Å². The van der Waals surface area contributed by atoms with Crippen LogP contribution in [0, 0.1) is 13.8 Å². The maximum absolute atomic E-state index is 12.6. The van der Waals surface area contributed by atoms with E-state index in [0.717, 1.165) is 11.3 Å². The number of aromatic nitrogens is 1. The fraction of sp³-hybridized carbons (Fsp3) is 0.455. The molecular weight excluding hydrogens is 402 g/mol. The van der Waals surface area contributed by atoms with E-state index in [1.165, 1.54) is 6.92 Å². The number of nitrogens with zero attached hydrogens (tertiary/aromatic N) is 3. The van der Waals surface area contributed by atoms with Gasteiger partial charge in [-0.2, -0.15) is 0 Å². The van der Waals surface area contributed by atoms with E-state index in [9.17, 15) is 14.4 Å². The van der Waals surface area contributed by atoms with Gasteiger partial charge in [0, 0.05) is 33.1 Å². The van der Waals surface area contributed by atoms with E-state index >= 15 is 0 Å². The Balaban J connectivity index is 1.55. The van der Waals surface area contributed by atoms with Gasteiger partial charge in [0.05, 0.1) is 16.8 Å². The smallest absolute Gasteiger partial charge is 0.339 e. The second kappa shape index (κ2) is 9.63. The Morgan fingerprint density at radius 1 is 1.13 bits per heavy atom. The number of carbonyl (C=O) groups excluding carboxylic acids is 3. The highest BCUT2D eigenvalue weighted by Crippen LogP contribution is 2.19. The van der Waals surface area contributed by atoms with E-state index in [4.69, 9.17) is 14.0 Å². The fourth-order valence-electron chi connectivity index (χ4n) is 3.35. The minimum atomic E-state index is -0.928. The van der Waals surface area contributed by atoms with Crippen LogP contribution in [0.4, 0.5) is 0 Å². The predicted molar refractivity (Wildman–Crippen MR) is 110 cm³/mol. The second-order valence-electron chi connectivity index (χ2n) is 7.50. The molecule has 166 valence electrons. The van der Waals surface area contributed by atoms with Crippen molar-refractivity contribution in [2.24, 2.45) is 0 Å². The van der Waals surface area contributed by atoms with Gasteiger partial charge in [0.15, 0.2) is 6.10 Å². The first-order valence-corrected chi connectivity index (χ1v) is 10.2. The molecule has 1 aliphatic rings. The van der Waals surface area contributed by atoms with Crippen LogP contribution in [0.2, 0.25) is 0 Å². The lowest BCUT2D eigenvalue weighted by atomic mass is 10.2. The summed E-state index contributed by atoms with van der Waals surface area (Å²) in [6.45, 7) is 8.77. The number of hydrogen-bond acceptors (Lipinski definition) is 7. The molecule has 2 aromatic rings. The molecule has 0 aliphatic carbocycles. The number of benzene rings is 1. The Morgan fingerprint density at radius 2 is 1.81 bits per heavy atom. The van der Waals surface area contributed by atoms with Crippen molar-refractivity contribution in [3.05, 3.63) is 46.8 Å². The van der Waals surface area contributed by atoms with Crippen molar-refractivity contribution in [2.75, 3.05) is 26.2 Å². The van der Waals surface area contributed by atoms with Crippen molar-refractivity contribution >= 4 is 17.8 Å². The lowest BCUT2D eigenvalue weighted by molar-refractivity contribution is -0.144. The molecule has 0 bridgehead atoms. The number of esters is 1. The summed E-state index contributed by atoms with van der Waals surface area (Å²) in [5, 5.41) is 3.89. The SMILES string of the molecule is CC(=O)N1CCN(C(=O)C(C)OC(=O)c2cccc(OCc3c(C)noc3C)c2)CC1. The lowest BCUT2D eigenvalue weighted by Crippen LogP contribution is -2.52. The molecule has 31 heavy (non-hydrogen) atoms. The van der Waals surface area contributed by atoms with Gasteiger partial charge in [0.25, 0.3) is 5.91 Å². The molecule has 0 N–H and O–H groups in total. The number of amides is 2. The van der Waals surface area contributed by atoms with Gasteiger partial charge in [0.1, 0.15) is 18.1 Å². The summed E-state index contributed by atoms with van der Waals surface area (Å²) in [6.07, 6.45) is -0.928. The molecule has 9 nitrogen and oxygen atoms in total. The number of hydrogen-bond donors (Lipinski definition) is 0. The first kappa shape index (κ1) is 22.3. The second-order valence-corrected chi connectivity index (χ2v) is 7.50. The molecule has 1 aliphatic heterocycles. The van der Waals surface area contributed by atoms with E-state index in [0.29, 0.717) is 37.7 Å². The molecule has 1 aromatic carbocycles. The number of piperazine rings is 1. The van der Waals surface area contributed by atoms with Gasteiger partial charge in [-0.3, -0.25) is 9.59 Å². The molecular formula is C22H27N3O6. The predicted octanol–water partition coefficient (Wildman–Crippen LogP) is 2.11. The Kier molecular flexibility index (Phi) is 6.94. The third kappa shape index (κ3) is 5.42. The van der Waals surface area contributed by atoms with Crippen LogP contribution >= 0.6 is 0 Å². The molecule has 1 atom stereocenters. The van der Waals surface area contributed by atoms with Gasteiger partial charge < -0.3 is 23.8 Å². The van der Waals surface area contributed by atoms with Crippen LogP contribution in [0.1, 0.15) is 41.2 Å². The first-order chi connectivity index (χ1) is 14.8. The van der Waals surface area contributed by atoms with Gasteiger partial charge in [-0.1, -0.05) is 11.2 Å². The van der Waals surface area contributed by atoms with Crippen LogP contribution in [-0.2, 0) is 20.9 Å². The Hall–Kier alpha value is -3.36. The highest BCUT2D eigenvalue weighted by molar-refractivity contribution is 5.92. The van der Waals surface area contributed by atoms with Crippen LogP contribution in [0.15, 0.2) is 28.8 Å². The molecule has 2 amide bonds. The molecule has 0 saturated carbocycles. The van der Waals surface area contributed by atoms with Crippen molar-refractivity contribution < 1.29 is 28.4 Å². The van der Waals surface area contributed by atoms with Crippen molar-refractivity contribution in [1.29, 1.82) is 0 Å². The monoisotopic (exact) mass is 429 g/mol. The number of carbonyl (C=O) groups is 3. The average Bonchev–Trinajstić information content (AvgIpc) is 3.09. The Morgan fingerprint density at radius 3 is 2.42 bits per heavy atom. The third-order valence-corrected chi connectivity index (χ3v) is 5.30. The van der Waals surface area contributed by atoms with E-state index in [2.05, 4.69) is 5.16 Å². The highest BCUT2D eigenvalue weighted by atomic mass is 16.5. The summed E-state index contributed by atoms with van der Waals surface area (Å²) in [5.41, 5.74) is 1.90. The quantitative estimate of drug-likeness (QED) is 0.648. The van der Waals surface area contributed by atoms with E-state index in [-0.39, 0.29) is 24.0 Å². The number of aryl methyl sites for hydroxylation is 2. The van der Waals surface area contributed by atoms with E-state index in [1.54, 1.807) is 41.0 Å².